The van der Waals surface area contributed by atoms with Crippen LogP contribution in [0.5, 0.6) is 0 Å². The SMILES string of the molecule is Cc1ccccc1CC(C)NC(=O)CN1CCCC1CC(C)O. The third-order valence-electron chi connectivity index (χ3n) is 4.65. The van der Waals surface area contributed by atoms with Gasteiger partial charge in [0.15, 0.2) is 0 Å². The summed E-state index contributed by atoms with van der Waals surface area (Å²) in [6.07, 6.45) is 3.51. The largest absolute Gasteiger partial charge is 0.393 e. The van der Waals surface area contributed by atoms with Gasteiger partial charge in [0.25, 0.3) is 0 Å². The van der Waals surface area contributed by atoms with E-state index in [0.717, 1.165) is 32.2 Å². The van der Waals surface area contributed by atoms with Crippen molar-refractivity contribution in [3.05, 3.63) is 35.4 Å². The van der Waals surface area contributed by atoms with Crippen LogP contribution in [-0.2, 0) is 11.2 Å². The molecule has 23 heavy (non-hydrogen) atoms. The van der Waals surface area contributed by atoms with Gasteiger partial charge < -0.3 is 10.4 Å². The number of rotatable bonds is 7. The highest BCUT2D eigenvalue weighted by Gasteiger charge is 2.27. The molecule has 1 aromatic rings. The first-order valence-electron chi connectivity index (χ1n) is 8.71. The second-order valence-electron chi connectivity index (χ2n) is 6.95. The number of nitrogens with one attached hydrogen (secondary N) is 1. The van der Waals surface area contributed by atoms with Gasteiger partial charge in [0, 0.05) is 12.1 Å². The number of benzene rings is 1. The second kappa shape index (κ2) is 8.46. The van der Waals surface area contributed by atoms with E-state index in [4.69, 9.17) is 0 Å². The van der Waals surface area contributed by atoms with Crippen molar-refractivity contribution in [1.29, 1.82) is 0 Å². The third-order valence-corrected chi connectivity index (χ3v) is 4.65. The normalized spacial score (nSPS) is 21.1. The zero-order valence-corrected chi connectivity index (χ0v) is 14.6. The minimum Gasteiger partial charge on any atom is -0.393 e. The van der Waals surface area contributed by atoms with E-state index in [0.29, 0.717) is 12.6 Å². The molecule has 1 aliphatic rings. The number of aryl methyl sites for hydroxylation is 1. The third kappa shape index (κ3) is 5.63. The van der Waals surface area contributed by atoms with Gasteiger partial charge in [-0.15, -0.1) is 0 Å². The smallest absolute Gasteiger partial charge is 0.234 e. The van der Waals surface area contributed by atoms with E-state index in [9.17, 15) is 9.90 Å². The minimum atomic E-state index is -0.302. The molecule has 4 heteroatoms. The molecule has 0 bridgehead atoms. The summed E-state index contributed by atoms with van der Waals surface area (Å²) in [4.78, 5) is 14.5. The Bertz CT molecular complexity index is 516. The quantitative estimate of drug-likeness (QED) is 0.811. The average Bonchev–Trinajstić information content (AvgIpc) is 2.87. The molecule has 0 radical (unpaired) electrons. The Morgan fingerprint density at radius 1 is 1.39 bits per heavy atom. The first-order chi connectivity index (χ1) is 11.0. The average molecular weight is 318 g/mol. The van der Waals surface area contributed by atoms with Crippen molar-refractivity contribution in [3.63, 3.8) is 0 Å². The van der Waals surface area contributed by atoms with Crippen molar-refractivity contribution in [2.24, 2.45) is 0 Å². The van der Waals surface area contributed by atoms with Gasteiger partial charge in [0.05, 0.1) is 12.6 Å². The van der Waals surface area contributed by atoms with E-state index < -0.39 is 0 Å². The van der Waals surface area contributed by atoms with Gasteiger partial charge in [-0.2, -0.15) is 0 Å². The van der Waals surface area contributed by atoms with Crippen LogP contribution in [0.4, 0.5) is 0 Å². The Morgan fingerprint density at radius 3 is 2.83 bits per heavy atom. The Morgan fingerprint density at radius 2 is 2.13 bits per heavy atom. The van der Waals surface area contributed by atoms with Gasteiger partial charge in [-0.05, 0) is 64.1 Å². The predicted octanol–water partition coefficient (Wildman–Crippen LogP) is 2.28. The zero-order chi connectivity index (χ0) is 16.8. The second-order valence-corrected chi connectivity index (χ2v) is 6.95. The fourth-order valence-corrected chi connectivity index (χ4v) is 3.49. The minimum absolute atomic E-state index is 0.0866. The van der Waals surface area contributed by atoms with Crippen LogP contribution in [0.3, 0.4) is 0 Å². The summed E-state index contributed by atoms with van der Waals surface area (Å²) in [5.74, 6) is 0.0866. The van der Waals surface area contributed by atoms with E-state index in [1.165, 1.54) is 11.1 Å². The van der Waals surface area contributed by atoms with E-state index in [1.807, 2.05) is 19.1 Å². The van der Waals surface area contributed by atoms with Gasteiger partial charge in [0.2, 0.25) is 5.91 Å². The first kappa shape index (κ1) is 18.0. The van der Waals surface area contributed by atoms with Crippen LogP contribution in [-0.4, -0.2) is 47.2 Å². The van der Waals surface area contributed by atoms with Crippen molar-refractivity contribution in [2.75, 3.05) is 13.1 Å². The number of carbonyl (C=O) groups excluding carboxylic acids is 1. The molecule has 4 nitrogen and oxygen atoms in total. The summed E-state index contributed by atoms with van der Waals surface area (Å²) in [6, 6.07) is 8.78. The highest BCUT2D eigenvalue weighted by atomic mass is 16.3. The molecule has 0 aromatic heterocycles. The number of aliphatic hydroxyl groups is 1. The number of hydrogen-bond donors (Lipinski definition) is 2. The van der Waals surface area contributed by atoms with Crippen molar-refractivity contribution in [1.82, 2.24) is 10.2 Å². The molecule has 2 rings (SSSR count). The topological polar surface area (TPSA) is 52.6 Å². The highest BCUT2D eigenvalue weighted by molar-refractivity contribution is 5.78. The lowest BCUT2D eigenvalue weighted by molar-refractivity contribution is -0.123. The molecule has 3 atom stereocenters. The van der Waals surface area contributed by atoms with Gasteiger partial charge in [-0.25, -0.2) is 0 Å². The standard InChI is InChI=1S/C19H30N2O2/c1-14-7-4-5-8-17(14)11-15(2)20-19(23)13-21-10-6-9-18(21)12-16(3)22/h4-5,7-8,15-16,18,22H,6,9-13H2,1-3H3,(H,20,23). The summed E-state index contributed by atoms with van der Waals surface area (Å²) in [6.45, 7) is 7.38. The number of aliphatic hydroxyl groups excluding tert-OH is 1. The molecule has 1 fully saturated rings. The van der Waals surface area contributed by atoms with E-state index in [-0.39, 0.29) is 18.1 Å². The van der Waals surface area contributed by atoms with Crippen LogP contribution >= 0.6 is 0 Å². The maximum absolute atomic E-state index is 12.3. The molecule has 1 aromatic carbocycles. The van der Waals surface area contributed by atoms with Crippen LogP contribution in [0.1, 0.15) is 44.2 Å². The lowest BCUT2D eigenvalue weighted by atomic mass is 10.0. The van der Waals surface area contributed by atoms with Crippen molar-refractivity contribution < 1.29 is 9.90 Å². The van der Waals surface area contributed by atoms with Crippen LogP contribution in [0.2, 0.25) is 0 Å². The lowest BCUT2D eigenvalue weighted by Crippen LogP contribution is -2.44. The Kier molecular flexibility index (Phi) is 6.60. The van der Waals surface area contributed by atoms with Crippen LogP contribution in [0, 0.1) is 6.92 Å². The van der Waals surface area contributed by atoms with Crippen LogP contribution in [0.25, 0.3) is 0 Å². The first-order valence-corrected chi connectivity index (χ1v) is 8.71. The summed E-state index contributed by atoms with van der Waals surface area (Å²) < 4.78 is 0. The molecule has 128 valence electrons. The molecule has 0 spiro atoms. The van der Waals surface area contributed by atoms with Gasteiger partial charge in [-0.3, -0.25) is 9.69 Å². The Balaban J connectivity index is 1.81. The number of hydrogen-bond acceptors (Lipinski definition) is 3. The van der Waals surface area contributed by atoms with Gasteiger partial charge >= 0.3 is 0 Å². The summed E-state index contributed by atoms with van der Waals surface area (Å²) in [5, 5.41) is 12.7. The molecule has 1 heterocycles. The lowest BCUT2D eigenvalue weighted by Gasteiger charge is -2.25. The van der Waals surface area contributed by atoms with E-state index in [2.05, 4.69) is 36.2 Å². The summed E-state index contributed by atoms with van der Waals surface area (Å²) >= 11 is 0. The molecule has 1 saturated heterocycles. The van der Waals surface area contributed by atoms with Crippen molar-refractivity contribution in [2.45, 2.75) is 64.6 Å². The van der Waals surface area contributed by atoms with Crippen molar-refractivity contribution >= 4 is 5.91 Å². The number of likely N-dealkylation sites (tertiary alicyclic amines) is 1. The van der Waals surface area contributed by atoms with E-state index in [1.54, 1.807) is 0 Å². The zero-order valence-electron chi connectivity index (χ0n) is 14.6. The molecule has 3 unspecified atom stereocenters. The molecular formula is C19H30N2O2. The maximum Gasteiger partial charge on any atom is 0.234 e. The number of amides is 1. The molecular weight excluding hydrogens is 288 g/mol. The highest BCUT2D eigenvalue weighted by Crippen LogP contribution is 2.21. The maximum atomic E-state index is 12.3. The van der Waals surface area contributed by atoms with Crippen LogP contribution in [0.15, 0.2) is 24.3 Å². The van der Waals surface area contributed by atoms with Crippen molar-refractivity contribution in [3.8, 4) is 0 Å². The Hall–Kier alpha value is -1.39. The summed E-state index contributed by atoms with van der Waals surface area (Å²) in [7, 11) is 0. The monoisotopic (exact) mass is 318 g/mol. The Labute approximate surface area is 139 Å². The fourth-order valence-electron chi connectivity index (χ4n) is 3.49. The van der Waals surface area contributed by atoms with Gasteiger partial charge in [0.1, 0.15) is 0 Å². The molecule has 2 N–H and O–H groups in total. The molecule has 1 aliphatic heterocycles. The van der Waals surface area contributed by atoms with E-state index >= 15 is 0 Å². The summed E-state index contributed by atoms with van der Waals surface area (Å²) in [5.41, 5.74) is 2.55. The molecule has 0 saturated carbocycles. The fraction of sp³-hybridized carbons (Fsp3) is 0.632. The van der Waals surface area contributed by atoms with Crippen LogP contribution < -0.4 is 5.32 Å². The number of nitrogens with zero attached hydrogens (tertiary/aromatic N) is 1. The molecule has 1 amide bonds. The number of carbonyl (C=O) groups is 1. The molecule has 0 aliphatic carbocycles. The van der Waals surface area contributed by atoms with Gasteiger partial charge in [-0.1, -0.05) is 24.3 Å². The predicted molar refractivity (Wildman–Crippen MR) is 93.4 cm³/mol.